The van der Waals surface area contributed by atoms with E-state index in [2.05, 4.69) is 18.7 Å². The molecule has 0 aromatic heterocycles. The van der Waals surface area contributed by atoms with Crippen LogP contribution in [0, 0.1) is 5.92 Å². The third kappa shape index (κ3) is 5.48. The van der Waals surface area contributed by atoms with Crippen LogP contribution < -0.4 is 0 Å². The van der Waals surface area contributed by atoms with Crippen LogP contribution in [0.1, 0.15) is 26.7 Å². The van der Waals surface area contributed by atoms with Gasteiger partial charge >= 0.3 is 0 Å². The molecule has 1 aliphatic heterocycles. The average Bonchev–Trinajstić information content (AvgIpc) is 2.37. The highest BCUT2D eigenvalue weighted by Crippen LogP contribution is 2.13. The van der Waals surface area contributed by atoms with E-state index in [1.54, 1.807) is 0 Å². The van der Waals surface area contributed by atoms with Gasteiger partial charge in [-0.1, -0.05) is 13.8 Å². The van der Waals surface area contributed by atoms with E-state index < -0.39 is 9.84 Å². The Morgan fingerprint density at radius 1 is 1.11 bits per heavy atom. The van der Waals surface area contributed by atoms with Gasteiger partial charge in [0.2, 0.25) is 5.91 Å². The molecule has 1 saturated heterocycles. The van der Waals surface area contributed by atoms with Gasteiger partial charge < -0.3 is 4.90 Å². The van der Waals surface area contributed by atoms with E-state index in [-0.39, 0.29) is 17.6 Å². The van der Waals surface area contributed by atoms with Gasteiger partial charge in [0.05, 0.1) is 5.75 Å². The molecule has 0 spiro atoms. The zero-order valence-electron chi connectivity index (χ0n) is 12.3. The Hall–Kier alpha value is -0.620. The molecule has 5 nitrogen and oxygen atoms in total. The lowest BCUT2D eigenvalue weighted by Gasteiger charge is -2.36. The SMILES string of the molecule is CCC(CC)C(=O)N1CCN(CCS(C)(=O)=O)CC1. The smallest absolute Gasteiger partial charge is 0.225 e. The van der Waals surface area contributed by atoms with Gasteiger partial charge in [-0.3, -0.25) is 9.69 Å². The Morgan fingerprint density at radius 3 is 2.05 bits per heavy atom. The second-order valence-corrected chi connectivity index (χ2v) is 7.57. The fraction of sp³-hybridized carbons (Fsp3) is 0.923. The van der Waals surface area contributed by atoms with E-state index in [0.717, 1.165) is 39.0 Å². The minimum atomic E-state index is -2.90. The number of piperazine rings is 1. The summed E-state index contributed by atoms with van der Waals surface area (Å²) in [6.07, 6.45) is 3.05. The predicted molar refractivity (Wildman–Crippen MR) is 76.8 cm³/mol. The normalized spacial score (nSPS) is 18.0. The van der Waals surface area contributed by atoms with E-state index >= 15 is 0 Å². The number of nitrogens with zero attached hydrogens (tertiary/aromatic N) is 2. The standard InChI is InChI=1S/C13H26N2O3S/c1-4-12(5-2)13(16)15-8-6-14(7-9-15)10-11-19(3,17)18/h12H,4-11H2,1-3H3. The fourth-order valence-electron chi connectivity index (χ4n) is 2.38. The van der Waals surface area contributed by atoms with Gasteiger partial charge in [0, 0.05) is 44.9 Å². The lowest BCUT2D eigenvalue weighted by atomic mass is 10.0. The summed E-state index contributed by atoms with van der Waals surface area (Å²) in [6, 6.07) is 0. The maximum atomic E-state index is 12.2. The van der Waals surface area contributed by atoms with Crippen LogP contribution in [0.25, 0.3) is 0 Å². The molecule has 0 unspecified atom stereocenters. The van der Waals surface area contributed by atoms with Crippen molar-refractivity contribution in [1.29, 1.82) is 0 Å². The fourth-order valence-corrected chi connectivity index (χ4v) is 2.97. The van der Waals surface area contributed by atoms with E-state index in [0.29, 0.717) is 6.54 Å². The highest BCUT2D eigenvalue weighted by Gasteiger charge is 2.25. The van der Waals surface area contributed by atoms with Crippen molar-refractivity contribution in [2.24, 2.45) is 5.92 Å². The first-order valence-corrected chi connectivity index (χ1v) is 9.12. The van der Waals surface area contributed by atoms with Gasteiger partial charge in [-0.15, -0.1) is 0 Å². The Bertz CT molecular complexity index is 383. The van der Waals surface area contributed by atoms with E-state index in [1.165, 1.54) is 6.26 Å². The monoisotopic (exact) mass is 290 g/mol. The summed E-state index contributed by atoms with van der Waals surface area (Å²) in [6.45, 7) is 7.68. The Morgan fingerprint density at radius 2 is 1.63 bits per heavy atom. The molecule has 0 aromatic rings. The molecule has 0 aliphatic carbocycles. The summed E-state index contributed by atoms with van der Waals surface area (Å²) < 4.78 is 22.2. The average molecular weight is 290 g/mol. The summed E-state index contributed by atoms with van der Waals surface area (Å²) in [5, 5.41) is 0. The zero-order valence-corrected chi connectivity index (χ0v) is 13.1. The van der Waals surface area contributed by atoms with Gasteiger partial charge in [0.1, 0.15) is 9.84 Å². The molecule has 6 heteroatoms. The summed E-state index contributed by atoms with van der Waals surface area (Å²) in [7, 11) is -2.90. The third-order valence-electron chi connectivity index (χ3n) is 3.80. The van der Waals surface area contributed by atoms with Gasteiger partial charge in [-0.2, -0.15) is 0 Å². The Labute approximate surface area is 116 Å². The third-order valence-corrected chi connectivity index (χ3v) is 4.72. The number of amides is 1. The lowest BCUT2D eigenvalue weighted by Crippen LogP contribution is -2.51. The molecule has 1 amide bonds. The first-order valence-electron chi connectivity index (χ1n) is 7.06. The molecule has 1 fully saturated rings. The van der Waals surface area contributed by atoms with E-state index in [9.17, 15) is 13.2 Å². The predicted octanol–water partition coefficient (Wildman–Crippen LogP) is 0.611. The van der Waals surface area contributed by atoms with Crippen LogP contribution in [0.5, 0.6) is 0 Å². The number of sulfone groups is 1. The Kier molecular flexibility index (Phi) is 6.26. The number of hydrogen-bond acceptors (Lipinski definition) is 4. The summed E-state index contributed by atoms with van der Waals surface area (Å²) in [5.41, 5.74) is 0. The number of carbonyl (C=O) groups is 1. The molecule has 0 atom stereocenters. The highest BCUT2D eigenvalue weighted by molar-refractivity contribution is 7.90. The molecule has 1 rings (SSSR count). The van der Waals surface area contributed by atoms with Crippen LogP contribution >= 0.6 is 0 Å². The second kappa shape index (κ2) is 7.24. The largest absolute Gasteiger partial charge is 0.340 e. The topological polar surface area (TPSA) is 57.7 Å². The second-order valence-electron chi connectivity index (χ2n) is 5.31. The molecule has 0 radical (unpaired) electrons. The molecular weight excluding hydrogens is 264 g/mol. The van der Waals surface area contributed by atoms with Crippen molar-refractivity contribution in [3.05, 3.63) is 0 Å². The van der Waals surface area contributed by atoms with E-state index in [1.807, 2.05) is 4.90 Å². The molecule has 19 heavy (non-hydrogen) atoms. The molecule has 1 aliphatic rings. The van der Waals surface area contributed by atoms with Crippen LogP contribution in [0.3, 0.4) is 0 Å². The van der Waals surface area contributed by atoms with Crippen molar-refractivity contribution in [1.82, 2.24) is 9.80 Å². The van der Waals surface area contributed by atoms with Crippen molar-refractivity contribution in [2.75, 3.05) is 44.7 Å². The number of rotatable bonds is 6. The van der Waals surface area contributed by atoms with Gasteiger partial charge in [0.15, 0.2) is 0 Å². The molecule has 0 bridgehead atoms. The van der Waals surface area contributed by atoms with Crippen LogP contribution in [0.4, 0.5) is 0 Å². The molecule has 0 saturated carbocycles. The lowest BCUT2D eigenvalue weighted by molar-refractivity contribution is -0.137. The molecular formula is C13H26N2O3S. The Balaban J connectivity index is 2.38. The molecule has 0 N–H and O–H groups in total. The van der Waals surface area contributed by atoms with Crippen LogP contribution in [0.15, 0.2) is 0 Å². The highest BCUT2D eigenvalue weighted by atomic mass is 32.2. The van der Waals surface area contributed by atoms with Crippen molar-refractivity contribution in [3.8, 4) is 0 Å². The molecule has 1 heterocycles. The van der Waals surface area contributed by atoms with Gasteiger partial charge in [-0.25, -0.2) is 8.42 Å². The first kappa shape index (κ1) is 16.4. The van der Waals surface area contributed by atoms with Crippen molar-refractivity contribution in [3.63, 3.8) is 0 Å². The number of hydrogen-bond donors (Lipinski definition) is 0. The van der Waals surface area contributed by atoms with E-state index in [4.69, 9.17) is 0 Å². The molecule has 0 aromatic carbocycles. The van der Waals surface area contributed by atoms with Crippen LogP contribution in [-0.4, -0.2) is 68.9 Å². The minimum Gasteiger partial charge on any atom is -0.340 e. The summed E-state index contributed by atoms with van der Waals surface area (Å²) >= 11 is 0. The van der Waals surface area contributed by atoms with Crippen molar-refractivity contribution in [2.45, 2.75) is 26.7 Å². The minimum absolute atomic E-state index is 0.141. The van der Waals surface area contributed by atoms with Gasteiger partial charge in [0.25, 0.3) is 0 Å². The molecule has 112 valence electrons. The van der Waals surface area contributed by atoms with Gasteiger partial charge in [-0.05, 0) is 12.8 Å². The van der Waals surface area contributed by atoms with Crippen LogP contribution in [-0.2, 0) is 14.6 Å². The first-order chi connectivity index (χ1) is 8.87. The zero-order chi connectivity index (χ0) is 14.5. The quantitative estimate of drug-likeness (QED) is 0.719. The van der Waals surface area contributed by atoms with Crippen LogP contribution in [0.2, 0.25) is 0 Å². The summed E-state index contributed by atoms with van der Waals surface area (Å²) in [4.78, 5) is 16.2. The maximum absolute atomic E-state index is 12.2. The maximum Gasteiger partial charge on any atom is 0.225 e. The van der Waals surface area contributed by atoms with Crippen molar-refractivity contribution < 1.29 is 13.2 Å². The van der Waals surface area contributed by atoms with Crippen molar-refractivity contribution >= 4 is 15.7 Å². The summed E-state index contributed by atoms with van der Waals surface area (Å²) in [5.74, 6) is 0.600. The number of carbonyl (C=O) groups excluding carboxylic acids is 1.